The van der Waals surface area contributed by atoms with E-state index in [0.29, 0.717) is 73.0 Å². The lowest BCUT2D eigenvalue weighted by Crippen LogP contribution is -2.09. The first-order valence-corrected chi connectivity index (χ1v) is 20.4. The minimum absolute atomic E-state index is 0.0150. The molecule has 2 aromatic heterocycles. The zero-order valence-electron chi connectivity index (χ0n) is 34.0. The minimum Gasteiger partial charge on any atom is -0.493 e. The summed E-state index contributed by atoms with van der Waals surface area (Å²) in [5, 5.41) is 10.5. The molecule has 0 fully saturated rings. The van der Waals surface area contributed by atoms with E-state index in [0.717, 1.165) is 47.1 Å². The molecule has 6 rings (SSSR count). The van der Waals surface area contributed by atoms with Crippen molar-refractivity contribution in [3.8, 4) is 11.5 Å². The number of alkyl halides is 7. The second-order valence-corrected chi connectivity index (χ2v) is 14.5. The lowest BCUT2D eigenvalue weighted by molar-refractivity contribution is -0.142. The van der Waals surface area contributed by atoms with Crippen molar-refractivity contribution in [3.05, 3.63) is 117 Å². The third kappa shape index (κ3) is 12.8. The van der Waals surface area contributed by atoms with Crippen LogP contribution in [-0.4, -0.2) is 35.4 Å². The van der Waals surface area contributed by atoms with Crippen LogP contribution in [0.4, 0.5) is 49.1 Å². The quantitative estimate of drug-likeness (QED) is 0.0365. The summed E-state index contributed by atoms with van der Waals surface area (Å²) in [6.07, 6.45) is -4.96. The fraction of sp³-hybridized carbons (Fsp3) is 0.364. The SMILES string of the molecule is CCCc1c(OCCCBr)ccc2c(C(F)(F)F)noc12.[C-]#[N+]c1ccc(N)c(C)c1.[C-]#[N+]c1ccc(NCCCOc2ccc3c(C(F)(F)F)noc3c2CCC)c(C)c1. The molecule has 61 heavy (non-hydrogen) atoms. The van der Waals surface area contributed by atoms with Crippen LogP contribution < -0.4 is 20.5 Å². The van der Waals surface area contributed by atoms with E-state index in [2.05, 4.69) is 41.3 Å². The summed E-state index contributed by atoms with van der Waals surface area (Å²) in [4.78, 5) is 6.67. The lowest BCUT2D eigenvalue weighted by atomic mass is 10.0. The van der Waals surface area contributed by atoms with Crippen LogP contribution in [0, 0.1) is 27.0 Å². The number of aryl methyl sites for hydroxylation is 4. The van der Waals surface area contributed by atoms with Crippen molar-refractivity contribution in [2.75, 3.05) is 36.1 Å². The molecule has 0 amide bonds. The van der Waals surface area contributed by atoms with Gasteiger partial charge in [-0.05, 0) is 87.1 Å². The van der Waals surface area contributed by atoms with Gasteiger partial charge >= 0.3 is 12.4 Å². The molecule has 0 aliphatic rings. The molecule has 10 nitrogen and oxygen atoms in total. The van der Waals surface area contributed by atoms with Crippen LogP contribution in [0.2, 0.25) is 0 Å². The van der Waals surface area contributed by atoms with Gasteiger partial charge in [0, 0.05) is 34.4 Å². The minimum atomic E-state index is -4.56. The van der Waals surface area contributed by atoms with Gasteiger partial charge in [0.2, 0.25) is 0 Å². The topological polar surface area (TPSA) is 117 Å². The van der Waals surface area contributed by atoms with Crippen LogP contribution in [0.3, 0.4) is 0 Å². The Balaban J connectivity index is 0.000000228. The maximum atomic E-state index is 13.1. The third-order valence-corrected chi connectivity index (χ3v) is 9.65. The second kappa shape index (κ2) is 22.1. The Bertz CT molecular complexity index is 2470. The standard InChI is InChI=1S/C22H22F3N3O2.C14H15BrF3NO2.C8H8N2/c1-4-6-16-19(10-8-17-20(16)30-28-21(17)22(23,24)25)29-12-5-11-27-18-9-7-15(26-3)13-14(18)2;1-2-4-9-11(20-8-3-7-15)6-5-10-12(9)21-19-13(10)14(16,17)18;1-6-5-7(10-2)3-4-8(6)9/h7-10,13,27H,4-6,11-12H2,1-2H3;5-6H,2-4,7-8H2,1H3;3-5H,9H2,1H3. The maximum Gasteiger partial charge on any atom is 0.437 e. The molecule has 0 saturated heterocycles. The number of hydrogen-bond acceptors (Lipinski definition) is 8. The van der Waals surface area contributed by atoms with E-state index >= 15 is 0 Å². The Hall–Kier alpha value is -5.94. The first-order valence-electron chi connectivity index (χ1n) is 19.3. The number of ether oxygens (including phenoxy) is 2. The number of aromatic nitrogens is 2. The lowest BCUT2D eigenvalue weighted by Gasteiger charge is -2.13. The Labute approximate surface area is 358 Å². The molecule has 4 aromatic carbocycles. The molecule has 324 valence electrons. The van der Waals surface area contributed by atoms with Crippen LogP contribution >= 0.6 is 15.9 Å². The van der Waals surface area contributed by atoms with E-state index in [1.54, 1.807) is 36.4 Å². The summed E-state index contributed by atoms with van der Waals surface area (Å²) in [6, 6.07) is 16.5. The second-order valence-electron chi connectivity index (χ2n) is 13.7. The Morgan fingerprint density at radius 3 is 1.61 bits per heavy atom. The molecule has 6 aromatic rings. The Morgan fingerprint density at radius 1 is 0.705 bits per heavy atom. The Morgan fingerprint density at radius 2 is 1.18 bits per heavy atom. The van der Waals surface area contributed by atoms with Gasteiger partial charge < -0.3 is 29.6 Å². The summed E-state index contributed by atoms with van der Waals surface area (Å²) < 4.78 is 99.3. The van der Waals surface area contributed by atoms with Gasteiger partial charge in [0.1, 0.15) is 11.5 Å². The fourth-order valence-electron chi connectivity index (χ4n) is 6.09. The van der Waals surface area contributed by atoms with Crippen molar-refractivity contribution in [1.82, 2.24) is 10.3 Å². The number of benzene rings is 4. The maximum absolute atomic E-state index is 13.1. The van der Waals surface area contributed by atoms with Crippen LogP contribution in [0.25, 0.3) is 31.6 Å². The molecule has 3 N–H and O–H groups in total. The van der Waals surface area contributed by atoms with Gasteiger partial charge in [0.15, 0.2) is 33.9 Å². The molecule has 0 atom stereocenters. The number of nitrogens with two attached hydrogens (primary N) is 1. The van der Waals surface area contributed by atoms with Crippen LogP contribution in [-0.2, 0) is 25.2 Å². The summed E-state index contributed by atoms with van der Waals surface area (Å²) in [6.45, 7) is 23.0. The summed E-state index contributed by atoms with van der Waals surface area (Å²) >= 11 is 3.30. The highest BCUT2D eigenvalue weighted by molar-refractivity contribution is 9.09. The van der Waals surface area contributed by atoms with Crippen molar-refractivity contribution in [3.63, 3.8) is 0 Å². The summed E-state index contributed by atoms with van der Waals surface area (Å²) in [7, 11) is 0. The van der Waals surface area contributed by atoms with Gasteiger partial charge in [0.25, 0.3) is 0 Å². The zero-order chi connectivity index (χ0) is 44.7. The van der Waals surface area contributed by atoms with Crippen molar-refractivity contribution >= 4 is 60.6 Å². The van der Waals surface area contributed by atoms with Crippen molar-refractivity contribution in [2.24, 2.45) is 0 Å². The number of nitrogen functional groups attached to an aromatic ring is 1. The number of halogens is 7. The molecular weight excluding hydrogens is 870 g/mol. The molecular formula is C44H45BrF6N6O4. The van der Waals surface area contributed by atoms with Crippen LogP contribution in [0.15, 0.2) is 69.7 Å². The summed E-state index contributed by atoms with van der Waals surface area (Å²) in [5.41, 5.74) is 10.0. The first kappa shape index (κ1) is 47.7. The largest absolute Gasteiger partial charge is 0.493 e. The molecule has 17 heteroatoms. The van der Waals surface area contributed by atoms with Crippen molar-refractivity contribution < 1.29 is 44.9 Å². The van der Waals surface area contributed by atoms with Gasteiger partial charge in [-0.15, -0.1) is 0 Å². The summed E-state index contributed by atoms with van der Waals surface area (Å²) in [5.74, 6) is 1.09. The molecule has 0 saturated carbocycles. The average Bonchev–Trinajstić information content (AvgIpc) is 3.88. The smallest absolute Gasteiger partial charge is 0.437 e. The highest BCUT2D eigenvalue weighted by atomic mass is 79.9. The molecule has 0 aliphatic carbocycles. The van der Waals surface area contributed by atoms with Gasteiger partial charge in [-0.1, -0.05) is 77.2 Å². The van der Waals surface area contributed by atoms with E-state index in [-0.39, 0.29) is 21.9 Å². The number of nitrogens with one attached hydrogen (secondary N) is 1. The zero-order valence-corrected chi connectivity index (χ0v) is 35.6. The first-order chi connectivity index (χ1) is 29.1. The molecule has 0 spiro atoms. The molecule has 2 heterocycles. The fourth-order valence-corrected chi connectivity index (χ4v) is 6.32. The van der Waals surface area contributed by atoms with Crippen molar-refractivity contribution in [2.45, 2.75) is 78.6 Å². The highest BCUT2D eigenvalue weighted by Gasteiger charge is 2.38. The molecule has 0 bridgehead atoms. The van der Waals surface area contributed by atoms with Gasteiger partial charge in [0.05, 0.1) is 37.1 Å². The molecule has 0 unspecified atom stereocenters. The van der Waals surface area contributed by atoms with Crippen molar-refractivity contribution in [1.29, 1.82) is 0 Å². The number of anilines is 2. The number of rotatable bonds is 14. The normalized spacial score (nSPS) is 11.2. The predicted octanol–water partition coefficient (Wildman–Crippen LogP) is 13.6. The van der Waals surface area contributed by atoms with Crippen LogP contribution in [0.1, 0.15) is 73.2 Å². The monoisotopic (exact) mass is 914 g/mol. The van der Waals surface area contributed by atoms with Gasteiger partial charge in [-0.25, -0.2) is 9.69 Å². The van der Waals surface area contributed by atoms with Gasteiger partial charge in [-0.2, -0.15) is 26.3 Å². The predicted molar refractivity (Wildman–Crippen MR) is 228 cm³/mol. The number of nitrogens with zero attached hydrogens (tertiary/aromatic N) is 4. The Kier molecular flexibility index (Phi) is 17.3. The van der Waals surface area contributed by atoms with E-state index in [9.17, 15) is 26.3 Å². The molecule has 0 radical (unpaired) electrons. The van der Waals surface area contributed by atoms with Gasteiger partial charge in [-0.3, -0.25) is 0 Å². The third-order valence-electron chi connectivity index (χ3n) is 9.09. The van der Waals surface area contributed by atoms with E-state index in [4.69, 9.17) is 37.4 Å². The van der Waals surface area contributed by atoms with E-state index < -0.39 is 23.7 Å². The average molecular weight is 916 g/mol. The van der Waals surface area contributed by atoms with E-state index in [1.165, 1.54) is 12.1 Å². The number of hydrogen-bond donors (Lipinski definition) is 2. The number of fused-ring (bicyclic) bond motifs is 2. The van der Waals surface area contributed by atoms with E-state index in [1.807, 2.05) is 39.8 Å². The highest BCUT2D eigenvalue weighted by Crippen LogP contribution is 2.40. The van der Waals surface area contributed by atoms with Crippen LogP contribution in [0.5, 0.6) is 11.5 Å². The molecule has 0 aliphatic heterocycles.